The van der Waals surface area contributed by atoms with Gasteiger partial charge in [-0.25, -0.2) is 4.39 Å². The number of hydrogen-bond acceptors (Lipinski definition) is 3. The van der Waals surface area contributed by atoms with E-state index in [-0.39, 0.29) is 11.3 Å². The number of ether oxygens (including phenoxy) is 1. The van der Waals surface area contributed by atoms with Crippen LogP contribution in [0.4, 0.5) is 4.39 Å². The molecule has 1 aliphatic rings. The number of benzene rings is 1. The Morgan fingerprint density at radius 3 is 2.86 bits per heavy atom. The molecular weight excluding hydrogens is 273 g/mol. The maximum Gasteiger partial charge on any atom is 0.254 e. The van der Waals surface area contributed by atoms with E-state index in [1.807, 2.05) is 0 Å². The Hall–Kier alpha value is -1.62. The first-order chi connectivity index (χ1) is 10.2. The smallest absolute Gasteiger partial charge is 0.254 e. The highest BCUT2D eigenvalue weighted by molar-refractivity contribution is 5.94. The number of phenolic OH excluding ortho intramolecular Hbond substituents is 1. The second kappa shape index (κ2) is 7.98. The molecule has 1 aromatic carbocycles. The lowest BCUT2D eigenvalue weighted by Crippen LogP contribution is -2.27. The average molecular weight is 295 g/mol. The molecule has 0 saturated heterocycles. The van der Waals surface area contributed by atoms with Gasteiger partial charge >= 0.3 is 0 Å². The molecule has 0 spiro atoms. The summed E-state index contributed by atoms with van der Waals surface area (Å²) in [5.41, 5.74) is -0.136. The Morgan fingerprint density at radius 2 is 2.10 bits per heavy atom. The molecule has 1 amide bonds. The van der Waals surface area contributed by atoms with Gasteiger partial charge in [0.25, 0.3) is 5.91 Å². The molecule has 1 fully saturated rings. The average Bonchev–Trinajstić information content (AvgIpc) is 2.50. The van der Waals surface area contributed by atoms with E-state index < -0.39 is 11.7 Å². The molecule has 1 aliphatic carbocycles. The number of halogens is 1. The van der Waals surface area contributed by atoms with Crippen LogP contribution in [-0.2, 0) is 4.74 Å². The maximum absolute atomic E-state index is 13.4. The lowest BCUT2D eigenvalue weighted by atomic mass is 9.98. The molecule has 4 nitrogen and oxygen atoms in total. The predicted molar refractivity (Wildman–Crippen MR) is 77.8 cm³/mol. The molecule has 0 bridgehead atoms. The van der Waals surface area contributed by atoms with Crippen LogP contribution in [-0.4, -0.2) is 30.3 Å². The van der Waals surface area contributed by atoms with Crippen molar-refractivity contribution in [1.82, 2.24) is 5.32 Å². The molecule has 116 valence electrons. The van der Waals surface area contributed by atoms with Crippen LogP contribution < -0.4 is 5.32 Å². The second-order valence-electron chi connectivity index (χ2n) is 5.40. The highest BCUT2D eigenvalue weighted by Crippen LogP contribution is 2.20. The van der Waals surface area contributed by atoms with Crippen LogP contribution in [0.15, 0.2) is 18.2 Å². The molecule has 0 radical (unpaired) electrons. The topological polar surface area (TPSA) is 58.6 Å². The standard InChI is InChI=1S/C16H22FNO3/c17-15-8-7-12(19)11-14(15)16(20)18-9-4-10-21-13-5-2-1-3-6-13/h7-8,11,13,19H,1-6,9-10H2,(H,18,20). The summed E-state index contributed by atoms with van der Waals surface area (Å²) in [5.74, 6) is -1.27. The summed E-state index contributed by atoms with van der Waals surface area (Å²) in [5, 5.41) is 11.9. The first kappa shape index (κ1) is 15.8. The summed E-state index contributed by atoms with van der Waals surface area (Å²) < 4.78 is 19.2. The number of phenols is 1. The van der Waals surface area contributed by atoms with Crippen LogP contribution in [0.5, 0.6) is 5.75 Å². The summed E-state index contributed by atoms with van der Waals surface area (Å²) in [4.78, 5) is 11.8. The van der Waals surface area contributed by atoms with E-state index in [0.717, 1.165) is 25.0 Å². The van der Waals surface area contributed by atoms with Crippen LogP contribution in [0.2, 0.25) is 0 Å². The van der Waals surface area contributed by atoms with Crippen molar-refractivity contribution >= 4 is 5.91 Å². The Kier molecular flexibility index (Phi) is 5.99. The van der Waals surface area contributed by atoms with E-state index in [2.05, 4.69) is 5.32 Å². The zero-order chi connectivity index (χ0) is 15.1. The zero-order valence-corrected chi connectivity index (χ0v) is 12.1. The van der Waals surface area contributed by atoms with E-state index in [1.165, 1.54) is 25.3 Å². The third-order valence-electron chi connectivity index (χ3n) is 3.71. The van der Waals surface area contributed by atoms with E-state index in [1.54, 1.807) is 0 Å². The summed E-state index contributed by atoms with van der Waals surface area (Å²) in [6, 6.07) is 3.42. The van der Waals surface area contributed by atoms with Gasteiger partial charge in [0.05, 0.1) is 11.7 Å². The number of carbonyl (C=O) groups is 1. The molecule has 0 aromatic heterocycles. The van der Waals surface area contributed by atoms with Crippen molar-refractivity contribution < 1.29 is 19.0 Å². The number of nitrogens with one attached hydrogen (secondary N) is 1. The highest BCUT2D eigenvalue weighted by Gasteiger charge is 2.14. The quantitative estimate of drug-likeness (QED) is 0.793. The first-order valence-electron chi connectivity index (χ1n) is 7.55. The number of amides is 1. The van der Waals surface area contributed by atoms with Crippen molar-refractivity contribution in [1.29, 1.82) is 0 Å². The summed E-state index contributed by atoms with van der Waals surface area (Å²) in [6.45, 7) is 1.04. The Labute approximate surface area is 124 Å². The van der Waals surface area contributed by atoms with E-state index >= 15 is 0 Å². The second-order valence-corrected chi connectivity index (χ2v) is 5.40. The normalized spacial score (nSPS) is 15.9. The van der Waals surface area contributed by atoms with E-state index in [9.17, 15) is 14.3 Å². The van der Waals surface area contributed by atoms with Crippen molar-refractivity contribution in [2.45, 2.75) is 44.6 Å². The maximum atomic E-state index is 13.4. The minimum Gasteiger partial charge on any atom is -0.508 e. The zero-order valence-electron chi connectivity index (χ0n) is 12.1. The molecule has 2 N–H and O–H groups in total. The Bertz CT molecular complexity index is 473. The molecular formula is C16H22FNO3. The van der Waals surface area contributed by atoms with Gasteiger partial charge in [0.15, 0.2) is 0 Å². The fourth-order valence-electron chi connectivity index (χ4n) is 2.54. The van der Waals surface area contributed by atoms with Gasteiger partial charge in [0.2, 0.25) is 0 Å². The Morgan fingerprint density at radius 1 is 1.33 bits per heavy atom. The number of aromatic hydroxyl groups is 1. The molecule has 0 unspecified atom stereocenters. The fraction of sp³-hybridized carbons (Fsp3) is 0.562. The molecule has 0 aliphatic heterocycles. The molecule has 21 heavy (non-hydrogen) atoms. The van der Waals surface area contributed by atoms with E-state index in [0.29, 0.717) is 25.7 Å². The van der Waals surface area contributed by atoms with Crippen LogP contribution in [0.1, 0.15) is 48.9 Å². The van der Waals surface area contributed by atoms with Gasteiger partial charge in [-0.2, -0.15) is 0 Å². The van der Waals surface area contributed by atoms with Gasteiger partial charge in [-0.3, -0.25) is 4.79 Å². The highest BCUT2D eigenvalue weighted by atomic mass is 19.1. The third-order valence-corrected chi connectivity index (χ3v) is 3.71. The lowest BCUT2D eigenvalue weighted by Gasteiger charge is -2.21. The predicted octanol–water partition coefficient (Wildman–Crippen LogP) is 3.00. The first-order valence-corrected chi connectivity index (χ1v) is 7.55. The fourth-order valence-corrected chi connectivity index (χ4v) is 2.54. The minimum atomic E-state index is -0.635. The van der Waals surface area contributed by atoms with Crippen LogP contribution >= 0.6 is 0 Å². The van der Waals surface area contributed by atoms with Gasteiger partial charge in [0.1, 0.15) is 11.6 Å². The van der Waals surface area contributed by atoms with Gasteiger partial charge in [0, 0.05) is 13.2 Å². The van der Waals surface area contributed by atoms with Gasteiger partial charge < -0.3 is 15.2 Å². The summed E-state index contributed by atoms with van der Waals surface area (Å²) >= 11 is 0. The number of hydrogen-bond donors (Lipinski definition) is 2. The van der Waals surface area contributed by atoms with Gasteiger partial charge in [-0.05, 0) is 37.5 Å². The number of rotatable bonds is 6. The third kappa shape index (κ3) is 5.01. The largest absolute Gasteiger partial charge is 0.508 e. The Balaban J connectivity index is 1.66. The minimum absolute atomic E-state index is 0.123. The SMILES string of the molecule is O=C(NCCCOC1CCCCC1)c1cc(O)ccc1F. The van der Waals surface area contributed by atoms with Gasteiger partial charge in [-0.1, -0.05) is 19.3 Å². The van der Waals surface area contributed by atoms with Crippen molar-refractivity contribution in [3.8, 4) is 5.75 Å². The van der Waals surface area contributed by atoms with Crippen molar-refractivity contribution in [2.24, 2.45) is 0 Å². The van der Waals surface area contributed by atoms with Crippen molar-refractivity contribution in [3.05, 3.63) is 29.6 Å². The number of carbonyl (C=O) groups excluding carboxylic acids is 1. The molecule has 2 rings (SSSR count). The molecule has 0 atom stereocenters. The summed E-state index contributed by atoms with van der Waals surface area (Å²) in [6.07, 6.45) is 7.07. The summed E-state index contributed by atoms with van der Waals surface area (Å²) in [7, 11) is 0. The van der Waals surface area contributed by atoms with Crippen LogP contribution in [0.25, 0.3) is 0 Å². The van der Waals surface area contributed by atoms with Crippen LogP contribution in [0, 0.1) is 5.82 Å². The molecule has 1 saturated carbocycles. The lowest BCUT2D eigenvalue weighted by molar-refractivity contribution is 0.0273. The van der Waals surface area contributed by atoms with Crippen molar-refractivity contribution in [3.63, 3.8) is 0 Å². The van der Waals surface area contributed by atoms with E-state index in [4.69, 9.17) is 4.74 Å². The van der Waals surface area contributed by atoms with Crippen molar-refractivity contribution in [2.75, 3.05) is 13.2 Å². The van der Waals surface area contributed by atoms with Crippen LogP contribution in [0.3, 0.4) is 0 Å². The molecule has 0 heterocycles. The molecule has 5 heteroatoms. The monoisotopic (exact) mass is 295 g/mol. The molecule has 1 aromatic rings. The van der Waals surface area contributed by atoms with Gasteiger partial charge in [-0.15, -0.1) is 0 Å².